The van der Waals surface area contributed by atoms with Crippen LogP contribution in [0.5, 0.6) is 0 Å². The third kappa shape index (κ3) is 5.41. The number of hydrogen-bond acceptors (Lipinski definition) is 3. The first-order chi connectivity index (χ1) is 9.68. The molecule has 2 N–H and O–H groups in total. The molecule has 4 nitrogen and oxygen atoms in total. The fraction of sp³-hybridized carbons (Fsp3) is 0.938. The highest BCUT2D eigenvalue weighted by molar-refractivity contribution is 5.78. The molecule has 0 atom stereocenters. The highest BCUT2D eigenvalue weighted by Crippen LogP contribution is 2.28. The lowest BCUT2D eigenvalue weighted by molar-refractivity contribution is -0.121. The molecular weight excluding hydrogens is 252 g/mol. The molecule has 1 saturated carbocycles. The molecule has 0 aromatic heterocycles. The van der Waals surface area contributed by atoms with Gasteiger partial charge in [0, 0.05) is 25.8 Å². The van der Waals surface area contributed by atoms with E-state index in [4.69, 9.17) is 4.74 Å². The monoisotopic (exact) mass is 282 g/mol. The van der Waals surface area contributed by atoms with Crippen LogP contribution in [0.4, 0.5) is 0 Å². The Kier molecular flexibility index (Phi) is 6.30. The molecule has 2 rings (SSSR count). The lowest BCUT2D eigenvalue weighted by Crippen LogP contribution is -2.44. The average Bonchev–Trinajstić information content (AvgIpc) is 2.68. The second-order valence-electron chi connectivity index (χ2n) is 6.78. The molecule has 4 heteroatoms. The van der Waals surface area contributed by atoms with Crippen LogP contribution in [0.1, 0.15) is 58.3 Å². The zero-order chi connectivity index (χ0) is 14.3. The normalized spacial score (nSPS) is 24.1. The Morgan fingerprint density at radius 2 is 1.80 bits per heavy atom. The van der Waals surface area contributed by atoms with Gasteiger partial charge in [0.15, 0.2) is 0 Å². The first kappa shape index (κ1) is 15.8. The van der Waals surface area contributed by atoms with Gasteiger partial charge < -0.3 is 15.4 Å². The molecule has 116 valence electrons. The van der Waals surface area contributed by atoms with E-state index in [1.54, 1.807) is 0 Å². The van der Waals surface area contributed by atoms with E-state index in [0.717, 1.165) is 45.4 Å². The van der Waals surface area contributed by atoms with Crippen LogP contribution in [0.3, 0.4) is 0 Å². The van der Waals surface area contributed by atoms with E-state index in [1.165, 1.54) is 25.7 Å². The predicted octanol–water partition coefficient (Wildman–Crippen LogP) is 2.23. The predicted molar refractivity (Wildman–Crippen MR) is 80.7 cm³/mol. The minimum Gasteiger partial charge on any atom is -0.381 e. The van der Waals surface area contributed by atoms with Crippen LogP contribution < -0.4 is 10.6 Å². The summed E-state index contributed by atoms with van der Waals surface area (Å²) in [6.07, 6.45) is 9.65. The van der Waals surface area contributed by atoms with Crippen molar-refractivity contribution in [3.8, 4) is 0 Å². The topological polar surface area (TPSA) is 50.4 Å². The Balaban J connectivity index is 1.61. The maximum atomic E-state index is 12.0. The average molecular weight is 282 g/mol. The number of rotatable bonds is 5. The van der Waals surface area contributed by atoms with E-state index in [9.17, 15) is 4.79 Å². The number of hydrogen-bond donors (Lipinski definition) is 2. The molecular formula is C16H30N2O2. The Labute approximate surface area is 123 Å². The lowest BCUT2D eigenvalue weighted by Gasteiger charge is -2.33. The molecule has 1 amide bonds. The molecule has 20 heavy (non-hydrogen) atoms. The van der Waals surface area contributed by atoms with Crippen LogP contribution in [0.25, 0.3) is 0 Å². The quantitative estimate of drug-likeness (QED) is 0.760. The maximum absolute atomic E-state index is 12.0. The summed E-state index contributed by atoms with van der Waals surface area (Å²) in [5.74, 6) is 0.160. The van der Waals surface area contributed by atoms with Gasteiger partial charge in [-0.05, 0) is 31.1 Å². The third-order valence-corrected chi connectivity index (χ3v) is 4.76. The van der Waals surface area contributed by atoms with Gasteiger partial charge in [-0.2, -0.15) is 0 Å². The molecule has 1 aliphatic heterocycles. The molecule has 0 unspecified atom stereocenters. The van der Waals surface area contributed by atoms with E-state index in [2.05, 4.69) is 17.6 Å². The van der Waals surface area contributed by atoms with Crippen molar-refractivity contribution < 1.29 is 9.53 Å². The molecule has 0 aromatic carbocycles. The smallest absolute Gasteiger partial charge is 0.234 e. The molecule has 1 heterocycles. The van der Waals surface area contributed by atoms with Crippen LogP contribution in [0.2, 0.25) is 0 Å². The van der Waals surface area contributed by atoms with E-state index < -0.39 is 0 Å². The third-order valence-electron chi connectivity index (χ3n) is 4.76. The van der Waals surface area contributed by atoms with Crippen molar-refractivity contribution in [1.82, 2.24) is 10.6 Å². The molecule has 1 saturated heterocycles. The second kappa shape index (κ2) is 7.99. The summed E-state index contributed by atoms with van der Waals surface area (Å²) in [5.41, 5.74) is 0.293. The van der Waals surface area contributed by atoms with Crippen molar-refractivity contribution in [2.24, 2.45) is 5.41 Å². The van der Waals surface area contributed by atoms with Gasteiger partial charge in [0.05, 0.1) is 6.54 Å². The largest absolute Gasteiger partial charge is 0.381 e. The molecule has 2 aliphatic rings. The standard InChI is InChI=1S/C16H30N2O2/c1-16(8-10-20-11-9-16)13-17-12-15(19)18-14-6-4-2-3-5-7-14/h14,17H,2-13H2,1H3,(H,18,19). The fourth-order valence-corrected chi connectivity index (χ4v) is 3.22. The molecule has 1 aliphatic carbocycles. The number of nitrogens with one attached hydrogen (secondary N) is 2. The van der Waals surface area contributed by atoms with E-state index in [0.29, 0.717) is 18.0 Å². The van der Waals surface area contributed by atoms with Crippen molar-refractivity contribution in [3.05, 3.63) is 0 Å². The Morgan fingerprint density at radius 3 is 2.45 bits per heavy atom. The minimum atomic E-state index is 0.160. The highest BCUT2D eigenvalue weighted by atomic mass is 16.5. The number of carbonyl (C=O) groups is 1. The summed E-state index contributed by atoms with van der Waals surface area (Å²) in [5, 5.41) is 6.52. The van der Waals surface area contributed by atoms with Gasteiger partial charge in [0.2, 0.25) is 5.91 Å². The van der Waals surface area contributed by atoms with Crippen LogP contribution in [0, 0.1) is 5.41 Å². The fourth-order valence-electron chi connectivity index (χ4n) is 3.22. The van der Waals surface area contributed by atoms with Crippen LogP contribution >= 0.6 is 0 Å². The summed E-state index contributed by atoms with van der Waals surface area (Å²) in [7, 11) is 0. The number of carbonyl (C=O) groups excluding carboxylic acids is 1. The summed E-state index contributed by atoms with van der Waals surface area (Å²) in [4.78, 5) is 12.0. The molecule has 0 bridgehead atoms. The van der Waals surface area contributed by atoms with Crippen molar-refractivity contribution in [3.63, 3.8) is 0 Å². The van der Waals surface area contributed by atoms with Crippen LogP contribution in [0.15, 0.2) is 0 Å². The SMILES string of the molecule is CC1(CNCC(=O)NC2CCCCCC2)CCOCC1. The van der Waals surface area contributed by atoms with Crippen molar-refractivity contribution >= 4 is 5.91 Å². The van der Waals surface area contributed by atoms with Gasteiger partial charge >= 0.3 is 0 Å². The highest BCUT2D eigenvalue weighted by Gasteiger charge is 2.27. The number of amides is 1. The zero-order valence-electron chi connectivity index (χ0n) is 12.9. The van der Waals surface area contributed by atoms with Crippen molar-refractivity contribution in [1.29, 1.82) is 0 Å². The lowest BCUT2D eigenvalue weighted by atomic mass is 9.82. The zero-order valence-corrected chi connectivity index (χ0v) is 12.9. The van der Waals surface area contributed by atoms with Gasteiger partial charge in [0.25, 0.3) is 0 Å². The van der Waals surface area contributed by atoms with Gasteiger partial charge in [-0.25, -0.2) is 0 Å². The summed E-state index contributed by atoms with van der Waals surface area (Å²) in [6, 6.07) is 0.408. The van der Waals surface area contributed by atoms with Gasteiger partial charge in [-0.1, -0.05) is 32.6 Å². The molecule has 0 radical (unpaired) electrons. The second-order valence-corrected chi connectivity index (χ2v) is 6.78. The summed E-state index contributed by atoms with van der Waals surface area (Å²) < 4.78 is 5.40. The Morgan fingerprint density at radius 1 is 1.15 bits per heavy atom. The van der Waals surface area contributed by atoms with Crippen molar-refractivity contribution in [2.75, 3.05) is 26.3 Å². The minimum absolute atomic E-state index is 0.160. The summed E-state index contributed by atoms with van der Waals surface area (Å²) in [6.45, 7) is 5.35. The molecule has 0 aromatic rings. The Bertz CT molecular complexity index is 293. The van der Waals surface area contributed by atoms with E-state index in [1.807, 2.05) is 0 Å². The van der Waals surface area contributed by atoms with Gasteiger partial charge in [-0.15, -0.1) is 0 Å². The van der Waals surface area contributed by atoms with Gasteiger partial charge in [0.1, 0.15) is 0 Å². The van der Waals surface area contributed by atoms with E-state index in [-0.39, 0.29) is 5.91 Å². The number of ether oxygens (including phenoxy) is 1. The van der Waals surface area contributed by atoms with Crippen LogP contribution in [-0.2, 0) is 9.53 Å². The maximum Gasteiger partial charge on any atom is 0.234 e. The molecule has 0 spiro atoms. The van der Waals surface area contributed by atoms with E-state index >= 15 is 0 Å². The van der Waals surface area contributed by atoms with Gasteiger partial charge in [-0.3, -0.25) is 4.79 Å². The Hall–Kier alpha value is -0.610. The van der Waals surface area contributed by atoms with Crippen LogP contribution in [-0.4, -0.2) is 38.3 Å². The first-order valence-corrected chi connectivity index (χ1v) is 8.26. The molecule has 2 fully saturated rings. The summed E-state index contributed by atoms with van der Waals surface area (Å²) >= 11 is 0. The van der Waals surface area contributed by atoms with Crippen molar-refractivity contribution in [2.45, 2.75) is 64.3 Å². The first-order valence-electron chi connectivity index (χ1n) is 8.26.